The van der Waals surface area contributed by atoms with Gasteiger partial charge in [0.15, 0.2) is 0 Å². The lowest BCUT2D eigenvalue weighted by atomic mass is 9.77. The fourth-order valence-electron chi connectivity index (χ4n) is 3.68. The molecule has 3 aromatic rings. The molecule has 0 bridgehead atoms. The fraction of sp³-hybridized carbons (Fsp3) is 0.421. The van der Waals surface area contributed by atoms with Gasteiger partial charge < -0.3 is 15.2 Å². The van der Waals surface area contributed by atoms with Crippen LogP contribution in [0.25, 0.3) is 16.8 Å². The van der Waals surface area contributed by atoms with Gasteiger partial charge in [0.05, 0.1) is 24.4 Å². The normalized spacial score (nSPS) is 21.7. The number of nitrogens with zero attached hydrogens (tertiary/aromatic N) is 4. The van der Waals surface area contributed by atoms with Crippen molar-refractivity contribution in [2.24, 2.45) is 0 Å². The number of hydrogen-bond acceptors (Lipinski definition) is 6. The van der Waals surface area contributed by atoms with E-state index in [-0.39, 0.29) is 29.0 Å². The zero-order chi connectivity index (χ0) is 22.6. The van der Waals surface area contributed by atoms with E-state index in [1.807, 2.05) is 0 Å². The Morgan fingerprint density at radius 2 is 1.90 bits per heavy atom. The summed E-state index contributed by atoms with van der Waals surface area (Å²) in [5, 5.41) is 20.9. The summed E-state index contributed by atoms with van der Waals surface area (Å²) in [4.78, 5) is 3.96. The van der Waals surface area contributed by atoms with Crippen LogP contribution >= 0.6 is 0 Å². The van der Waals surface area contributed by atoms with Crippen LogP contribution in [0.3, 0.4) is 0 Å². The van der Waals surface area contributed by atoms with Gasteiger partial charge in [-0.15, -0.1) is 10.2 Å². The second-order valence-corrected chi connectivity index (χ2v) is 7.75. The van der Waals surface area contributed by atoms with Crippen molar-refractivity contribution >= 4 is 11.5 Å². The van der Waals surface area contributed by atoms with E-state index in [9.17, 15) is 27.1 Å². The number of anilines is 1. The van der Waals surface area contributed by atoms with Crippen LogP contribution in [-0.2, 0) is 5.92 Å². The molecule has 0 spiro atoms. The lowest BCUT2D eigenvalue weighted by Gasteiger charge is -2.41. The molecular formula is C19H18F5N5O2. The highest BCUT2D eigenvalue weighted by Gasteiger charge is 2.60. The van der Waals surface area contributed by atoms with Crippen LogP contribution in [0.15, 0.2) is 30.7 Å². The zero-order valence-electron chi connectivity index (χ0n) is 16.4. The summed E-state index contributed by atoms with van der Waals surface area (Å²) in [6, 6.07) is 2.90. The Labute approximate surface area is 172 Å². The monoisotopic (exact) mass is 443 g/mol. The van der Waals surface area contributed by atoms with Crippen molar-refractivity contribution in [1.82, 2.24) is 19.6 Å². The molecule has 2 heterocycles. The third-order valence-electron chi connectivity index (χ3n) is 5.24. The predicted octanol–water partition coefficient (Wildman–Crippen LogP) is 3.78. The lowest BCUT2D eigenvalue weighted by molar-refractivity contribution is -0.289. The molecule has 2 aromatic heterocycles. The molecule has 0 atom stereocenters. The topological polar surface area (TPSA) is 84.6 Å². The number of hydrogen-bond donors (Lipinski definition) is 2. The van der Waals surface area contributed by atoms with Gasteiger partial charge in [0.25, 0.3) is 0 Å². The number of fused-ring (bicyclic) bond motifs is 1. The third-order valence-corrected chi connectivity index (χ3v) is 5.24. The van der Waals surface area contributed by atoms with Gasteiger partial charge in [-0.25, -0.2) is 4.98 Å². The zero-order valence-corrected chi connectivity index (χ0v) is 16.4. The van der Waals surface area contributed by atoms with Crippen LogP contribution in [0.1, 0.15) is 25.3 Å². The van der Waals surface area contributed by atoms with E-state index in [0.717, 1.165) is 13.2 Å². The number of alkyl halides is 5. The molecule has 7 nitrogen and oxygen atoms in total. The minimum absolute atomic E-state index is 0.0909. The molecule has 1 fully saturated rings. The first-order chi connectivity index (χ1) is 14.4. The molecule has 0 saturated heterocycles. The molecule has 1 aliphatic rings. The van der Waals surface area contributed by atoms with Gasteiger partial charge in [-0.05, 0) is 38.0 Å². The number of ether oxygens (including phenoxy) is 1. The Morgan fingerprint density at radius 1 is 1.19 bits per heavy atom. The molecule has 0 aliphatic heterocycles. The summed E-state index contributed by atoms with van der Waals surface area (Å²) in [5.41, 5.74) is -2.54. The third kappa shape index (κ3) is 3.64. The molecule has 166 valence electrons. The molecular weight excluding hydrogens is 425 g/mol. The molecule has 1 aliphatic carbocycles. The van der Waals surface area contributed by atoms with E-state index < -0.39 is 28.8 Å². The molecule has 1 saturated carbocycles. The van der Waals surface area contributed by atoms with E-state index in [1.54, 1.807) is 6.92 Å². The van der Waals surface area contributed by atoms with Gasteiger partial charge >= 0.3 is 12.1 Å². The van der Waals surface area contributed by atoms with Gasteiger partial charge in [-0.3, -0.25) is 4.40 Å². The average Bonchev–Trinajstić information content (AvgIpc) is 3.16. The Morgan fingerprint density at radius 3 is 2.52 bits per heavy atom. The van der Waals surface area contributed by atoms with E-state index >= 15 is 0 Å². The van der Waals surface area contributed by atoms with Crippen molar-refractivity contribution in [3.63, 3.8) is 0 Å². The number of aromatic nitrogens is 4. The molecule has 0 amide bonds. The summed E-state index contributed by atoms with van der Waals surface area (Å²) >= 11 is 0. The maximum atomic E-state index is 14.3. The second kappa shape index (κ2) is 7.01. The van der Waals surface area contributed by atoms with Crippen molar-refractivity contribution in [3.8, 4) is 17.0 Å². The summed E-state index contributed by atoms with van der Waals surface area (Å²) in [6.07, 6.45) is -2.25. The molecule has 0 radical (unpaired) electrons. The molecule has 31 heavy (non-hydrogen) atoms. The number of aliphatic hydroxyl groups is 1. The summed E-state index contributed by atoms with van der Waals surface area (Å²) in [5.74, 6) is -5.07. The maximum Gasteiger partial charge on any atom is 0.458 e. The summed E-state index contributed by atoms with van der Waals surface area (Å²) in [7, 11) is 1.16. The predicted molar refractivity (Wildman–Crippen MR) is 100.0 cm³/mol. The second-order valence-electron chi connectivity index (χ2n) is 7.75. The molecule has 0 unspecified atom stereocenters. The SMILES string of the molecule is COc1ccc(-c2nnc(NC3CC(C)(O)C3)n3cncc23)c(C(F)(F)C(F)(F)F)c1. The molecule has 4 rings (SSSR count). The highest BCUT2D eigenvalue weighted by molar-refractivity contribution is 5.80. The fourth-order valence-corrected chi connectivity index (χ4v) is 3.68. The van der Waals surface area contributed by atoms with Crippen molar-refractivity contribution in [1.29, 1.82) is 0 Å². The van der Waals surface area contributed by atoms with Crippen LogP contribution in [-0.4, -0.2) is 49.6 Å². The minimum Gasteiger partial charge on any atom is -0.497 e. The first kappa shape index (κ1) is 21.2. The van der Waals surface area contributed by atoms with E-state index in [2.05, 4.69) is 20.5 Å². The molecule has 1 aromatic carbocycles. The average molecular weight is 443 g/mol. The van der Waals surface area contributed by atoms with Gasteiger partial charge in [-0.2, -0.15) is 22.0 Å². The Balaban J connectivity index is 1.81. The first-order valence-electron chi connectivity index (χ1n) is 9.24. The highest BCUT2D eigenvalue weighted by atomic mass is 19.4. The van der Waals surface area contributed by atoms with E-state index in [0.29, 0.717) is 18.9 Å². The lowest BCUT2D eigenvalue weighted by Crippen LogP contribution is -2.48. The van der Waals surface area contributed by atoms with E-state index in [4.69, 9.17) is 4.74 Å². The Kier molecular flexibility index (Phi) is 4.80. The largest absolute Gasteiger partial charge is 0.497 e. The quantitative estimate of drug-likeness (QED) is 0.584. The highest BCUT2D eigenvalue weighted by Crippen LogP contribution is 2.48. The van der Waals surface area contributed by atoms with Gasteiger partial charge in [0.2, 0.25) is 5.95 Å². The number of methoxy groups -OCH3 is 1. The summed E-state index contributed by atoms with van der Waals surface area (Å²) < 4.78 is 74.4. The van der Waals surface area contributed by atoms with Crippen molar-refractivity contribution in [2.45, 2.75) is 43.5 Å². The van der Waals surface area contributed by atoms with Crippen molar-refractivity contribution in [3.05, 3.63) is 36.3 Å². The Hall–Kier alpha value is -3.02. The van der Waals surface area contributed by atoms with Crippen molar-refractivity contribution < 1.29 is 31.8 Å². The molecule has 12 heteroatoms. The standard InChI is InChI=1S/C19H18F5N5O2/c1-17(30)6-10(7-17)26-16-28-27-15(14-8-25-9-29(14)16)12-4-3-11(31-2)5-13(12)18(20,21)19(22,23)24/h3-5,8-10,30H,6-7H2,1-2H3,(H,26,28). The van der Waals surface area contributed by atoms with Crippen molar-refractivity contribution in [2.75, 3.05) is 12.4 Å². The number of imidazole rings is 1. The number of rotatable bonds is 5. The van der Waals surface area contributed by atoms with Crippen LogP contribution in [0.2, 0.25) is 0 Å². The molecule has 2 N–H and O–H groups in total. The van der Waals surface area contributed by atoms with Crippen LogP contribution in [0.4, 0.5) is 27.9 Å². The first-order valence-corrected chi connectivity index (χ1v) is 9.24. The van der Waals surface area contributed by atoms with Crippen LogP contribution in [0, 0.1) is 0 Å². The number of halogens is 5. The summed E-state index contributed by atoms with van der Waals surface area (Å²) in [6.45, 7) is 1.69. The van der Waals surface area contributed by atoms with Crippen LogP contribution < -0.4 is 10.1 Å². The number of nitrogens with one attached hydrogen (secondary N) is 1. The van der Waals surface area contributed by atoms with Gasteiger partial charge in [0, 0.05) is 17.2 Å². The smallest absolute Gasteiger partial charge is 0.458 e. The van der Waals surface area contributed by atoms with Gasteiger partial charge in [-0.1, -0.05) is 0 Å². The van der Waals surface area contributed by atoms with E-state index in [1.165, 1.54) is 23.0 Å². The van der Waals surface area contributed by atoms with Gasteiger partial charge in [0.1, 0.15) is 17.8 Å². The minimum atomic E-state index is -5.82. The maximum absolute atomic E-state index is 14.3. The van der Waals surface area contributed by atoms with Crippen LogP contribution in [0.5, 0.6) is 5.75 Å². The number of benzene rings is 1. The Bertz CT molecular complexity index is 1120.